The Morgan fingerprint density at radius 1 is 1.00 bits per heavy atom. The molecule has 2 aromatic carbocycles. The molecule has 0 radical (unpaired) electrons. The maximum Gasteiger partial charge on any atom is 0.254 e. The quantitative estimate of drug-likeness (QED) is 0.508. The second-order valence-electron chi connectivity index (χ2n) is 6.60. The molecule has 162 valence electrons. The van der Waals surface area contributed by atoms with Crippen LogP contribution in [0.15, 0.2) is 43.0 Å². The summed E-state index contributed by atoms with van der Waals surface area (Å²) in [6, 6.07) is 9.27. The third-order valence-corrected chi connectivity index (χ3v) is 4.74. The maximum absolute atomic E-state index is 13.3. The Morgan fingerprint density at radius 3 is 2.30 bits per heavy atom. The lowest BCUT2D eigenvalue weighted by atomic mass is 10.0. The Kier molecular flexibility index (Phi) is 8.59. The summed E-state index contributed by atoms with van der Waals surface area (Å²) in [5, 5.41) is 0. The van der Waals surface area contributed by atoms with E-state index < -0.39 is 0 Å². The highest BCUT2D eigenvalue weighted by atomic mass is 16.5. The number of ether oxygens (including phenoxy) is 4. The first-order valence-electron chi connectivity index (χ1n) is 9.97. The van der Waals surface area contributed by atoms with Crippen molar-refractivity contribution < 1.29 is 23.7 Å². The predicted molar refractivity (Wildman–Crippen MR) is 118 cm³/mol. The molecule has 0 aromatic heterocycles. The molecule has 6 nitrogen and oxygen atoms in total. The zero-order valence-electron chi connectivity index (χ0n) is 18.5. The van der Waals surface area contributed by atoms with Crippen LogP contribution in [0.3, 0.4) is 0 Å². The summed E-state index contributed by atoms with van der Waals surface area (Å²) in [6.07, 6.45) is 2.35. The van der Waals surface area contributed by atoms with Crippen LogP contribution in [0, 0.1) is 0 Å². The molecule has 0 saturated heterocycles. The first-order valence-corrected chi connectivity index (χ1v) is 9.97. The lowest BCUT2D eigenvalue weighted by Gasteiger charge is -2.23. The highest BCUT2D eigenvalue weighted by molar-refractivity contribution is 5.95. The fourth-order valence-corrected chi connectivity index (χ4v) is 3.29. The summed E-state index contributed by atoms with van der Waals surface area (Å²) in [6.45, 7) is 9.23. The Labute approximate surface area is 179 Å². The average Bonchev–Trinajstić information content (AvgIpc) is 2.77. The molecule has 0 atom stereocenters. The molecule has 0 bridgehead atoms. The lowest BCUT2D eigenvalue weighted by Crippen LogP contribution is -2.30. The topological polar surface area (TPSA) is 57.2 Å². The molecular weight excluding hydrogens is 382 g/mol. The van der Waals surface area contributed by atoms with Crippen LogP contribution in [-0.2, 0) is 13.0 Å². The van der Waals surface area contributed by atoms with Gasteiger partial charge in [-0.15, -0.1) is 6.58 Å². The molecule has 0 saturated carbocycles. The van der Waals surface area contributed by atoms with Crippen LogP contribution in [0.1, 0.15) is 35.3 Å². The van der Waals surface area contributed by atoms with E-state index in [2.05, 4.69) is 6.58 Å². The number of hydrogen-bond donors (Lipinski definition) is 0. The van der Waals surface area contributed by atoms with Crippen LogP contribution >= 0.6 is 0 Å². The summed E-state index contributed by atoms with van der Waals surface area (Å²) in [4.78, 5) is 15.0. The van der Waals surface area contributed by atoms with Gasteiger partial charge in [0.25, 0.3) is 5.91 Å². The normalized spacial score (nSPS) is 10.3. The molecule has 0 aliphatic rings. The number of carbonyl (C=O) groups excluding carboxylic acids is 1. The summed E-state index contributed by atoms with van der Waals surface area (Å²) >= 11 is 0. The molecule has 0 N–H and O–H groups in total. The van der Waals surface area contributed by atoms with Crippen LogP contribution < -0.4 is 18.9 Å². The van der Waals surface area contributed by atoms with Gasteiger partial charge in [0.2, 0.25) is 0 Å². The van der Waals surface area contributed by atoms with Gasteiger partial charge < -0.3 is 23.8 Å². The first-order chi connectivity index (χ1) is 14.5. The van der Waals surface area contributed by atoms with E-state index in [1.165, 1.54) is 0 Å². The SMILES string of the molecule is C=CCc1cc(C(=O)N(CC)Cc2ccc(OCC)c(OC)c2)cc(OC)c1OC. The van der Waals surface area contributed by atoms with Crippen molar-refractivity contribution in [2.75, 3.05) is 34.5 Å². The van der Waals surface area contributed by atoms with Crippen molar-refractivity contribution >= 4 is 5.91 Å². The van der Waals surface area contributed by atoms with Crippen molar-refractivity contribution in [1.29, 1.82) is 0 Å². The van der Waals surface area contributed by atoms with Gasteiger partial charge in [0.15, 0.2) is 23.0 Å². The maximum atomic E-state index is 13.3. The molecule has 1 amide bonds. The van der Waals surface area contributed by atoms with Gasteiger partial charge in [0.1, 0.15) is 0 Å². The Balaban J connectivity index is 2.34. The van der Waals surface area contributed by atoms with E-state index in [1.54, 1.807) is 38.4 Å². The number of allylic oxidation sites excluding steroid dienone is 1. The number of methoxy groups -OCH3 is 3. The van der Waals surface area contributed by atoms with Crippen molar-refractivity contribution in [3.63, 3.8) is 0 Å². The highest BCUT2D eigenvalue weighted by Gasteiger charge is 2.20. The van der Waals surface area contributed by atoms with Gasteiger partial charge in [0.05, 0.1) is 27.9 Å². The van der Waals surface area contributed by atoms with E-state index in [9.17, 15) is 4.79 Å². The third kappa shape index (κ3) is 5.26. The van der Waals surface area contributed by atoms with Crippen LogP contribution in [0.4, 0.5) is 0 Å². The summed E-state index contributed by atoms with van der Waals surface area (Å²) in [7, 11) is 4.76. The van der Waals surface area contributed by atoms with Gasteiger partial charge in [0, 0.05) is 24.2 Å². The van der Waals surface area contributed by atoms with Crippen LogP contribution in [0.2, 0.25) is 0 Å². The molecule has 2 aromatic rings. The predicted octanol–water partition coefficient (Wildman–Crippen LogP) is 4.50. The van der Waals surface area contributed by atoms with Gasteiger partial charge >= 0.3 is 0 Å². The minimum Gasteiger partial charge on any atom is -0.493 e. The van der Waals surface area contributed by atoms with E-state index >= 15 is 0 Å². The molecule has 2 rings (SSSR count). The number of benzene rings is 2. The Bertz CT molecular complexity index is 878. The number of nitrogens with zero attached hydrogens (tertiary/aromatic N) is 1. The van der Waals surface area contributed by atoms with Gasteiger partial charge in [-0.3, -0.25) is 4.79 Å². The molecule has 0 spiro atoms. The molecule has 6 heteroatoms. The second-order valence-corrected chi connectivity index (χ2v) is 6.60. The summed E-state index contributed by atoms with van der Waals surface area (Å²) in [5.41, 5.74) is 2.36. The van der Waals surface area contributed by atoms with Crippen molar-refractivity contribution in [1.82, 2.24) is 4.90 Å². The van der Waals surface area contributed by atoms with Crippen molar-refractivity contribution in [2.24, 2.45) is 0 Å². The average molecular weight is 414 g/mol. The number of carbonyl (C=O) groups is 1. The summed E-state index contributed by atoms with van der Waals surface area (Å²) < 4.78 is 21.9. The minimum absolute atomic E-state index is 0.0865. The van der Waals surface area contributed by atoms with E-state index in [1.807, 2.05) is 38.1 Å². The number of amides is 1. The molecule has 30 heavy (non-hydrogen) atoms. The second kappa shape index (κ2) is 11.1. The van der Waals surface area contributed by atoms with Crippen molar-refractivity contribution in [3.8, 4) is 23.0 Å². The van der Waals surface area contributed by atoms with Crippen molar-refractivity contribution in [3.05, 3.63) is 59.7 Å². The minimum atomic E-state index is -0.0865. The fraction of sp³-hybridized carbons (Fsp3) is 0.375. The molecule has 0 heterocycles. The number of rotatable bonds is 11. The van der Waals surface area contributed by atoms with E-state index in [-0.39, 0.29) is 5.91 Å². The van der Waals surface area contributed by atoms with Gasteiger partial charge in [-0.2, -0.15) is 0 Å². The van der Waals surface area contributed by atoms with Crippen LogP contribution in [0.25, 0.3) is 0 Å². The lowest BCUT2D eigenvalue weighted by molar-refractivity contribution is 0.0752. The van der Waals surface area contributed by atoms with Gasteiger partial charge in [-0.25, -0.2) is 0 Å². The Morgan fingerprint density at radius 2 is 1.73 bits per heavy atom. The monoisotopic (exact) mass is 413 g/mol. The van der Waals surface area contributed by atoms with Crippen molar-refractivity contribution in [2.45, 2.75) is 26.8 Å². The highest BCUT2D eigenvalue weighted by Crippen LogP contribution is 2.34. The summed E-state index contributed by atoms with van der Waals surface area (Å²) in [5.74, 6) is 2.40. The molecule has 0 unspecified atom stereocenters. The smallest absolute Gasteiger partial charge is 0.254 e. The van der Waals surface area contributed by atoms with E-state index in [4.69, 9.17) is 18.9 Å². The fourth-order valence-electron chi connectivity index (χ4n) is 3.29. The van der Waals surface area contributed by atoms with Gasteiger partial charge in [-0.1, -0.05) is 12.1 Å². The largest absolute Gasteiger partial charge is 0.493 e. The molecule has 0 aliphatic carbocycles. The Hall–Kier alpha value is -3.15. The van der Waals surface area contributed by atoms with E-state index in [0.29, 0.717) is 54.7 Å². The third-order valence-electron chi connectivity index (χ3n) is 4.74. The van der Waals surface area contributed by atoms with E-state index in [0.717, 1.165) is 11.1 Å². The van der Waals surface area contributed by atoms with Crippen LogP contribution in [-0.4, -0.2) is 45.3 Å². The number of hydrogen-bond acceptors (Lipinski definition) is 5. The van der Waals surface area contributed by atoms with Gasteiger partial charge in [-0.05, 0) is 50.1 Å². The zero-order chi connectivity index (χ0) is 22.1. The van der Waals surface area contributed by atoms with Crippen LogP contribution in [0.5, 0.6) is 23.0 Å². The zero-order valence-corrected chi connectivity index (χ0v) is 18.5. The molecular formula is C24H31NO5. The standard InChI is InChI=1S/C24H31NO5/c1-7-10-18-14-19(15-22(28-5)23(18)29-6)24(26)25(8-2)16-17-11-12-20(30-9-3)21(13-17)27-4/h7,11-15H,1,8-10,16H2,2-6H3. The molecule has 0 aliphatic heterocycles. The molecule has 0 fully saturated rings. The first kappa shape index (κ1) is 23.1.